The fourth-order valence-electron chi connectivity index (χ4n) is 2.98. The third-order valence-corrected chi connectivity index (χ3v) is 4.79. The summed E-state index contributed by atoms with van der Waals surface area (Å²) in [5.74, 6) is -0.422. The zero-order valence-electron chi connectivity index (χ0n) is 16.0. The molecule has 0 saturated heterocycles. The lowest BCUT2D eigenvalue weighted by Gasteiger charge is -2.08. The molecule has 0 saturated carbocycles. The fraction of sp³-hybridized carbons (Fsp3) is 0.286. The van der Waals surface area contributed by atoms with E-state index in [4.69, 9.17) is 27.9 Å². The lowest BCUT2D eigenvalue weighted by atomic mass is 10.1. The Morgan fingerprint density at radius 3 is 2.55 bits per heavy atom. The van der Waals surface area contributed by atoms with E-state index >= 15 is 0 Å². The van der Waals surface area contributed by atoms with E-state index in [1.54, 1.807) is 31.3 Å². The van der Waals surface area contributed by atoms with Crippen molar-refractivity contribution in [3.05, 3.63) is 58.3 Å². The van der Waals surface area contributed by atoms with Crippen molar-refractivity contribution in [2.45, 2.75) is 26.2 Å². The first-order valence-electron chi connectivity index (χ1n) is 9.32. The Morgan fingerprint density at radius 1 is 1.10 bits per heavy atom. The van der Waals surface area contributed by atoms with Gasteiger partial charge in [0.15, 0.2) is 0 Å². The van der Waals surface area contributed by atoms with E-state index in [1.807, 2.05) is 22.6 Å². The number of ether oxygens (including phenoxy) is 1. The Morgan fingerprint density at radius 2 is 1.83 bits per heavy atom. The summed E-state index contributed by atoms with van der Waals surface area (Å²) in [6, 6.07) is 10.9. The number of pyridine rings is 1. The van der Waals surface area contributed by atoms with E-state index in [2.05, 4.69) is 10.3 Å². The van der Waals surface area contributed by atoms with Crippen LogP contribution in [0, 0.1) is 0 Å². The molecule has 152 valence electrons. The van der Waals surface area contributed by atoms with Crippen molar-refractivity contribution in [3.63, 3.8) is 0 Å². The van der Waals surface area contributed by atoms with Crippen molar-refractivity contribution in [1.82, 2.24) is 14.7 Å². The van der Waals surface area contributed by atoms with Crippen LogP contribution >= 0.6 is 23.2 Å². The average molecular weight is 434 g/mol. The van der Waals surface area contributed by atoms with E-state index in [1.165, 1.54) is 0 Å². The molecular formula is C21H21Cl2N3O3. The third-order valence-electron chi connectivity index (χ3n) is 4.31. The summed E-state index contributed by atoms with van der Waals surface area (Å²) in [5, 5.41) is 4.02. The van der Waals surface area contributed by atoms with E-state index in [0.717, 1.165) is 11.3 Å². The first kappa shape index (κ1) is 21.1. The molecule has 8 heteroatoms. The van der Waals surface area contributed by atoms with Gasteiger partial charge in [-0.2, -0.15) is 0 Å². The van der Waals surface area contributed by atoms with Crippen LogP contribution in [0.4, 0.5) is 0 Å². The van der Waals surface area contributed by atoms with E-state index in [0.29, 0.717) is 41.0 Å². The summed E-state index contributed by atoms with van der Waals surface area (Å²) >= 11 is 12.1. The summed E-state index contributed by atoms with van der Waals surface area (Å²) in [6.07, 6.45) is 2.66. The van der Waals surface area contributed by atoms with Crippen LogP contribution in [0.1, 0.15) is 25.5 Å². The SMILES string of the molecule is CCOC(=O)CCCNC(=O)Cc1c(-c2ccc(Cl)cc2)nc2ccc(Cl)cn12. The van der Waals surface area contributed by atoms with Crippen molar-refractivity contribution in [2.75, 3.05) is 13.2 Å². The average Bonchev–Trinajstić information content (AvgIpc) is 3.04. The van der Waals surface area contributed by atoms with Gasteiger partial charge in [-0.1, -0.05) is 35.3 Å². The van der Waals surface area contributed by atoms with Gasteiger partial charge in [0.2, 0.25) is 5.91 Å². The van der Waals surface area contributed by atoms with Crippen LogP contribution in [0.25, 0.3) is 16.9 Å². The van der Waals surface area contributed by atoms with Gasteiger partial charge in [0, 0.05) is 29.7 Å². The number of carbonyl (C=O) groups is 2. The van der Waals surface area contributed by atoms with Crippen LogP contribution in [-0.4, -0.2) is 34.4 Å². The first-order valence-corrected chi connectivity index (χ1v) is 10.1. The molecule has 0 fully saturated rings. The monoisotopic (exact) mass is 433 g/mol. The highest BCUT2D eigenvalue weighted by Crippen LogP contribution is 2.27. The molecule has 0 aliphatic heterocycles. The van der Waals surface area contributed by atoms with Crippen molar-refractivity contribution in [2.24, 2.45) is 0 Å². The van der Waals surface area contributed by atoms with Crippen LogP contribution in [0.3, 0.4) is 0 Å². The van der Waals surface area contributed by atoms with Crippen LogP contribution in [0.2, 0.25) is 10.0 Å². The molecule has 1 amide bonds. The van der Waals surface area contributed by atoms with Gasteiger partial charge in [-0.25, -0.2) is 4.98 Å². The Balaban J connectivity index is 1.77. The number of halogens is 2. The topological polar surface area (TPSA) is 72.7 Å². The molecule has 1 aromatic carbocycles. The number of nitrogens with one attached hydrogen (secondary N) is 1. The molecule has 3 aromatic rings. The van der Waals surface area contributed by atoms with E-state index in [-0.39, 0.29) is 24.7 Å². The minimum Gasteiger partial charge on any atom is -0.466 e. The van der Waals surface area contributed by atoms with E-state index < -0.39 is 0 Å². The van der Waals surface area contributed by atoms with Crippen LogP contribution < -0.4 is 5.32 Å². The van der Waals surface area contributed by atoms with Crippen molar-refractivity contribution in [1.29, 1.82) is 0 Å². The summed E-state index contributed by atoms with van der Waals surface area (Å²) in [7, 11) is 0. The zero-order chi connectivity index (χ0) is 20.8. The largest absolute Gasteiger partial charge is 0.466 e. The molecule has 0 aliphatic rings. The van der Waals surface area contributed by atoms with Crippen LogP contribution in [0.5, 0.6) is 0 Å². The number of imidazole rings is 1. The van der Waals surface area contributed by atoms with Gasteiger partial charge in [-0.05, 0) is 37.6 Å². The number of hydrogen-bond acceptors (Lipinski definition) is 4. The number of aromatic nitrogens is 2. The predicted octanol–water partition coefficient (Wildman–Crippen LogP) is 4.31. The molecule has 2 heterocycles. The van der Waals surface area contributed by atoms with Crippen molar-refractivity contribution in [3.8, 4) is 11.3 Å². The number of benzene rings is 1. The molecule has 0 bridgehead atoms. The second kappa shape index (κ2) is 9.76. The highest BCUT2D eigenvalue weighted by atomic mass is 35.5. The standard InChI is InChI=1S/C21H21Cl2N3O3/c1-2-29-20(28)4-3-11-24-19(27)12-17-21(14-5-7-15(22)8-6-14)25-18-10-9-16(23)13-26(17)18/h5-10,13H,2-4,11-12H2,1H3,(H,24,27). The Bertz CT molecular complexity index is 1020. The first-order chi connectivity index (χ1) is 14.0. The number of nitrogens with zero attached hydrogens (tertiary/aromatic N) is 2. The maximum Gasteiger partial charge on any atom is 0.305 e. The number of fused-ring (bicyclic) bond motifs is 1. The second-order valence-corrected chi connectivity index (χ2v) is 7.30. The summed E-state index contributed by atoms with van der Waals surface area (Å²) in [4.78, 5) is 28.6. The van der Waals surface area contributed by atoms with Gasteiger partial charge in [0.1, 0.15) is 5.65 Å². The number of carbonyl (C=O) groups excluding carboxylic acids is 2. The number of esters is 1. The van der Waals surface area contributed by atoms with Crippen LogP contribution in [-0.2, 0) is 20.7 Å². The number of rotatable bonds is 8. The Labute approximate surface area is 178 Å². The van der Waals surface area contributed by atoms with Crippen molar-refractivity contribution >= 4 is 40.7 Å². The zero-order valence-corrected chi connectivity index (χ0v) is 17.5. The highest BCUT2D eigenvalue weighted by molar-refractivity contribution is 6.30. The van der Waals surface area contributed by atoms with Crippen molar-refractivity contribution < 1.29 is 14.3 Å². The summed E-state index contributed by atoms with van der Waals surface area (Å²) in [6.45, 7) is 2.51. The number of amides is 1. The smallest absolute Gasteiger partial charge is 0.305 e. The molecule has 0 spiro atoms. The molecule has 0 radical (unpaired) electrons. The molecular weight excluding hydrogens is 413 g/mol. The summed E-state index contributed by atoms with van der Waals surface area (Å²) in [5.41, 5.74) is 2.99. The molecule has 0 unspecified atom stereocenters. The highest BCUT2D eigenvalue weighted by Gasteiger charge is 2.17. The van der Waals surface area contributed by atoms with Gasteiger partial charge >= 0.3 is 5.97 Å². The lowest BCUT2D eigenvalue weighted by molar-refractivity contribution is -0.143. The minimum absolute atomic E-state index is 0.124. The molecule has 2 aromatic heterocycles. The van der Waals surface area contributed by atoms with Gasteiger partial charge in [0.25, 0.3) is 0 Å². The van der Waals surface area contributed by atoms with E-state index in [9.17, 15) is 9.59 Å². The molecule has 0 atom stereocenters. The Hall–Kier alpha value is -2.57. The minimum atomic E-state index is -0.261. The molecule has 6 nitrogen and oxygen atoms in total. The third kappa shape index (κ3) is 5.49. The quantitative estimate of drug-likeness (QED) is 0.424. The lowest BCUT2D eigenvalue weighted by Crippen LogP contribution is -2.27. The van der Waals surface area contributed by atoms with Gasteiger partial charge in [-0.15, -0.1) is 0 Å². The number of hydrogen-bond donors (Lipinski definition) is 1. The molecule has 3 rings (SSSR count). The molecule has 0 aliphatic carbocycles. The molecule has 1 N–H and O–H groups in total. The normalized spacial score (nSPS) is 10.9. The predicted molar refractivity (Wildman–Crippen MR) is 113 cm³/mol. The molecule has 29 heavy (non-hydrogen) atoms. The summed E-state index contributed by atoms with van der Waals surface area (Å²) < 4.78 is 6.71. The van der Waals surface area contributed by atoms with Gasteiger partial charge in [-0.3, -0.25) is 9.59 Å². The maximum absolute atomic E-state index is 12.5. The van der Waals surface area contributed by atoms with Crippen LogP contribution in [0.15, 0.2) is 42.6 Å². The second-order valence-electron chi connectivity index (χ2n) is 6.42. The maximum atomic E-state index is 12.5. The fourth-order valence-corrected chi connectivity index (χ4v) is 3.27. The van der Waals surface area contributed by atoms with Gasteiger partial charge in [0.05, 0.1) is 29.4 Å². The Kier molecular flexibility index (Phi) is 7.12. The van der Waals surface area contributed by atoms with Gasteiger partial charge < -0.3 is 14.5 Å².